The fraction of sp³-hybridized carbons (Fsp3) is 0.600. The Kier molecular flexibility index (Phi) is 3.50. The predicted octanol–water partition coefficient (Wildman–Crippen LogP) is 1.97. The number of allylic oxidation sites excluding steroid dienone is 2. The van der Waals surface area contributed by atoms with Gasteiger partial charge in [0, 0.05) is 13.0 Å². The van der Waals surface area contributed by atoms with Gasteiger partial charge in [0.2, 0.25) is 0 Å². The summed E-state index contributed by atoms with van der Waals surface area (Å²) in [5, 5.41) is 0. The van der Waals surface area contributed by atoms with Crippen LogP contribution in [0.4, 0.5) is 0 Å². The normalized spacial score (nSPS) is 27.8. The van der Waals surface area contributed by atoms with Crippen molar-refractivity contribution in [3.05, 3.63) is 24.3 Å². The molecular formula is C10H17NO. The van der Waals surface area contributed by atoms with Crippen molar-refractivity contribution in [3.8, 4) is 0 Å². The molecule has 0 fully saturated rings. The van der Waals surface area contributed by atoms with E-state index in [0.717, 1.165) is 25.9 Å². The zero-order valence-electron chi connectivity index (χ0n) is 7.62. The number of unbranched alkanes of at least 4 members (excludes halogenated alkanes) is 1. The van der Waals surface area contributed by atoms with E-state index in [1.807, 2.05) is 24.3 Å². The van der Waals surface area contributed by atoms with Gasteiger partial charge >= 0.3 is 0 Å². The molecule has 0 radical (unpaired) electrons. The van der Waals surface area contributed by atoms with Crippen LogP contribution in [0.25, 0.3) is 0 Å². The van der Waals surface area contributed by atoms with Crippen molar-refractivity contribution < 1.29 is 4.74 Å². The van der Waals surface area contributed by atoms with E-state index in [9.17, 15) is 0 Å². The minimum absolute atomic E-state index is 0.538. The highest BCUT2D eigenvalue weighted by molar-refractivity contribution is 5.16. The van der Waals surface area contributed by atoms with Crippen molar-refractivity contribution in [2.24, 2.45) is 5.73 Å². The van der Waals surface area contributed by atoms with Gasteiger partial charge in [-0.1, -0.05) is 31.6 Å². The second-order valence-corrected chi connectivity index (χ2v) is 3.15. The number of ether oxygens (including phenoxy) is 1. The second-order valence-electron chi connectivity index (χ2n) is 3.15. The molecule has 0 aromatic carbocycles. The van der Waals surface area contributed by atoms with E-state index in [-0.39, 0.29) is 0 Å². The maximum Gasteiger partial charge on any atom is 0.139 e. The molecule has 1 rings (SSSR count). The third-order valence-electron chi connectivity index (χ3n) is 1.93. The molecule has 0 bridgehead atoms. The zero-order valence-corrected chi connectivity index (χ0v) is 7.62. The lowest BCUT2D eigenvalue weighted by Gasteiger charge is -2.26. The SMILES string of the molecule is CCCCOC1(N)C=CC=CC1. The van der Waals surface area contributed by atoms with Crippen LogP contribution in [0.15, 0.2) is 24.3 Å². The van der Waals surface area contributed by atoms with E-state index in [1.54, 1.807) is 0 Å². The van der Waals surface area contributed by atoms with Crippen LogP contribution in [0.3, 0.4) is 0 Å². The average Bonchev–Trinajstić information content (AvgIpc) is 2.06. The summed E-state index contributed by atoms with van der Waals surface area (Å²) in [6.45, 7) is 2.90. The summed E-state index contributed by atoms with van der Waals surface area (Å²) in [4.78, 5) is 0. The average molecular weight is 167 g/mol. The molecule has 0 amide bonds. The van der Waals surface area contributed by atoms with Crippen LogP contribution in [0.1, 0.15) is 26.2 Å². The molecular weight excluding hydrogens is 150 g/mol. The third-order valence-corrected chi connectivity index (χ3v) is 1.93. The van der Waals surface area contributed by atoms with Crippen LogP contribution in [0, 0.1) is 0 Å². The topological polar surface area (TPSA) is 35.2 Å². The minimum atomic E-state index is -0.538. The first-order valence-electron chi connectivity index (χ1n) is 4.54. The number of nitrogens with two attached hydrogens (primary N) is 1. The largest absolute Gasteiger partial charge is 0.357 e. The molecule has 0 spiro atoms. The summed E-state index contributed by atoms with van der Waals surface area (Å²) in [7, 11) is 0. The van der Waals surface area contributed by atoms with E-state index in [0.29, 0.717) is 0 Å². The molecule has 2 nitrogen and oxygen atoms in total. The molecule has 0 saturated carbocycles. The first kappa shape index (κ1) is 9.49. The lowest BCUT2D eigenvalue weighted by atomic mass is 10.1. The number of hydrogen-bond donors (Lipinski definition) is 1. The molecule has 1 aliphatic carbocycles. The second kappa shape index (κ2) is 4.43. The Morgan fingerprint density at radius 2 is 2.33 bits per heavy atom. The fourth-order valence-electron chi connectivity index (χ4n) is 1.13. The summed E-state index contributed by atoms with van der Waals surface area (Å²) < 4.78 is 5.55. The fourth-order valence-corrected chi connectivity index (χ4v) is 1.13. The van der Waals surface area contributed by atoms with Gasteiger partial charge in [0.1, 0.15) is 5.72 Å². The molecule has 2 N–H and O–H groups in total. The van der Waals surface area contributed by atoms with E-state index in [2.05, 4.69) is 6.92 Å². The van der Waals surface area contributed by atoms with Gasteiger partial charge in [-0.3, -0.25) is 5.73 Å². The van der Waals surface area contributed by atoms with Gasteiger partial charge in [-0.05, 0) is 12.5 Å². The Balaban J connectivity index is 2.29. The molecule has 1 aliphatic rings. The Morgan fingerprint density at radius 3 is 2.92 bits per heavy atom. The van der Waals surface area contributed by atoms with Crippen LogP contribution in [0.2, 0.25) is 0 Å². The minimum Gasteiger partial charge on any atom is -0.357 e. The van der Waals surface area contributed by atoms with Crippen molar-refractivity contribution in [1.29, 1.82) is 0 Å². The van der Waals surface area contributed by atoms with Gasteiger partial charge in [-0.15, -0.1) is 0 Å². The molecule has 2 heteroatoms. The van der Waals surface area contributed by atoms with Gasteiger partial charge in [-0.2, -0.15) is 0 Å². The van der Waals surface area contributed by atoms with E-state index < -0.39 is 5.72 Å². The molecule has 1 atom stereocenters. The van der Waals surface area contributed by atoms with Gasteiger partial charge < -0.3 is 4.74 Å². The molecule has 0 heterocycles. The first-order chi connectivity index (χ1) is 5.77. The summed E-state index contributed by atoms with van der Waals surface area (Å²) in [5.41, 5.74) is 5.40. The maximum absolute atomic E-state index is 5.94. The summed E-state index contributed by atoms with van der Waals surface area (Å²) in [6, 6.07) is 0. The smallest absolute Gasteiger partial charge is 0.139 e. The lowest BCUT2D eigenvalue weighted by molar-refractivity contribution is -0.00381. The van der Waals surface area contributed by atoms with Crippen LogP contribution in [-0.2, 0) is 4.74 Å². The highest BCUT2D eigenvalue weighted by Crippen LogP contribution is 2.16. The van der Waals surface area contributed by atoms with Crippen molar-refractivity contribution in [2.75, 3.05) is 6.61 Å². The summed E-state index contributed by atoms with van der Waals surface area (Å²) in [6.07, 6.45) is 10.9. The number of hydrogen-bond acceptors (Lipinski definition) is 2. The van der Waals surface area contributed by atoms with Gasteiger partial charge in [-0.25, -0.2) is 0 Å². The van der Waals surface area contributed by atoms with E-state index >= 15 is 0 Å². The maximum atomic E-state index is 5.94. The summed E-state index contributed by atoms with van der Waals surface area (Å²) >= 11 is 0. The van der Waals surface area contributed by atoms with E-state index in [1.165, 1.54) is 0 Å². The Bertz CT molecular complexity index is 186. The van der Waals surface area contributed by atoms with Crippen LogP contribution >= 0.6 is 0 Å². The molecule has 0 saturated heterocycles. The van der Waals surface area contributed by atoms with Gasteiger partial charge in [0.05, 0.1) is 0 Å². The number of rotatable bonds is 4. The van der Waals surface area contributed by atoms with Crippen molar-refractivity contribution in [3.63, 3.8) is 0 Å². The predicted molar refractivity (Wildman–Crippen MR) is 50.7 cm³/mol. The van der Waals surface area contributed by atoms with Gasteiger partial charge in [0.15, 0.2) is 0 Å². The molecule has 0 aromatic rings. The highest BCUT2D eigenvalue weighted by Gasteiger charge is 2.21. The first-order valence-corrected chi connectivity index (χ1v) is 4.54. The van der Waals surface area contributed by atoms with Crippen molar-refractivity contribution in [2.45, 2.75) is 31.9 Å². The standard InChI is InChI=1S/C10H17NO/c1-2-3-9-12-10(11)7-5-4-6-8-10/h4-7H,2-3,8-9,11H2,1H3. The molecule has 0 aliphatic heterocycles. The Morgan fingerprint density at radius 1 is 1.50 bits per heavy atom. The Labute approximate surface area is 74.1 Å². The highest BCUT2D eigenvalue weighted by atomic mass is 16.5. The molecule has 1 unspecified atom stereocenters. The summed E-state index contributed by atoms with van der Waals surface area (Å²) in [5.74, 6) is 0. The molecule has 12 heavy (non-hydrogen) atoms. The van der Waals surface area contributed by atoms with Crippen molar-refractivity contribution >= 4 is 0 Å². The van der Waals surface area contributed by atoms with Gasteiger partial charge in [0.25, 0.3) is 0 Å². The monoisotopic (exact) mass is 167 g/mol. The van der Waals surface area contributed by atoms with Crippen LogP contribution < -0.4 is 5.73 Å². The Hall–Kier alpha value is -0.600. The molecule has 68 valence electrons. The third kappa shape index (κ3) is 2.80. The van der Waals surface area contributed by atoms with Crippen molar-refractivity contribution in [1.82, 2.24) is 0 Å². The quantitative estimate of drug-likeness (QED) is 0.513. The zero-order chi connectivity index (χ0) is 8.86. The lowest BCUT2D eigenvalue weighted by Crippen LogP contribution is -2.41. The van der Waals surface area contributed by atoms with Crippen LogP contribution in [-0.4, -0.2) is 12.3 Å². The van der Waals surface area contributed by atoms with E-state index in [4.69, 9.17) is 10.5 Å². The molecule has 0 aromatic heterocycles. The van der Waals surface area contributed by atoms with Crippen LogP contribution in [0.5, 0.6) is 0 Å².